The number of amides is 5. The van der Waals surface area contributed by atoms with E-state index >= 15 is 0 Å². The van der Waals surface area contributed by atoms with Crippen molar-refractivity contribution in [3.63, 3.8) is 0 Å². The number of carbonyl (C=O) groups excluding carboxylic acids is 5. The van der Waals surface area contributed by atoms with Crippen LogP contribution in [0.3, 0.4) is 0 Å². The number of nitriles is 1. The van der Waals surface area contributed by atoms with Gasteiger partial charge in [0.15, 0.2) is 0 Å². The molecule has 2 aliphatic carbocycles. The number of hydrogen-bond acceptors (Lipinski definition) is 11. The first-order chi connectivity index (χ1) is 26.6. The number of ether oxygens (including phenoxy) is 2. The Kier molecular flexibility index (Phi) is 9.36. The molecule has 1 aromatic heterocycles. The van der Waals surface area contributed by atoms with Gasteiger partial charge in [0.1, 0.15) is 30.1 Å². The van der Waals surface area contributed by atoms with Crippen molar-refractivity contribution in [2.24, 2.45) is 10.8 Å². The van der Waals surface area contributed by atoms with Crippen molar-refractivity contribution in [3.8, 4) is 17.8 Å². The van der Waals surface area contributed by atoms with Gasteiger partial charge < -0.3 is 14.8 Å². The minimum Gasteiger partial charge on any atom is -0.489 e. The molecule has 2 saturated carbocycles. The molecule has 15 heteroatoms. The first-order valence-corrected chi connectivity index (χ1v) is 19.3. The SMILES string of the molecule is CC1(C)[C@H](NC(=O)c2cnc(O[C@H]3CC[C@H](N4Cc5cc6c(cc5C4)C(=O)N(C4CCC(=O)NC4=O)C6=O)CC3)nc2)C(C)(C)[C@H]1Oc1ccc(C#N)c(Cl)c1. The van der Waals surface area contributed by atoms with Crippen LogP contribution in [0.4, 0.5) is 0 Å². The van der Waals surface area contributed by atoms with Gasteiger partial charge >= 0.3 is 6.01 Å². The van der Waals surface area contributed by atoms with Gasteiger partial charge in [-0.05, 0) is 67.5 Å². The topological polar surface area (TPSA) is 184 Å². The van der Waals surface area contributed by atoms with Crippen LogP contribution in [0.5, 0.6) is 11.8 Å². The summed E-state index contributed by atoms with van der Waals surface area (Å²) in [5.41, 5.74) is 2.47. The molecule has 290 valence electrons. The summed E-state index contributed by atoms with van der Waals surface area (Å²) in [7, 11) is 0. The molecule has 3 fully saturated rings. The van der Waals surface area contributed by atoms with E-state index in [1.165, 1.54) is 12.4 Å². The number of halogens is 1. The molecule has 4 heterocycles. The first kappa shape index (κ1) is 37.5. The first-order valence-electron chi connectivity index (χ1n) is 18.9. The predicted octanol–water partition coefficient (Wildman–Crippen LogP) is 4.72. The Hall–Kier alpha value is -5.39. The summed E-state index contributed by atoms with van der Waals surface area (Å²) in [4.78, 5) is 76.1. The quantitative estimate of drug-likeness (QED) is 0.302. The fourth-order valence-corrected chi connectivity index (χ4v) is 9.85. The second-order valence-electron chi connectivity index (χ2n) is 16.6. The lowest BCUT2D eigenvalue weighted by molar-refractivity contribution is -0.164. The molecule has 5 amide bonds. The van der Waals surface area contributed by atoms with Crippen LogP contribution in [0.1, 0.15) is 114 Å². The van der Waals surface area contributed by atoms with Crippen LogP contribution in [-0.2, 0) is 22.7 Å². The Morgan fingerprint density at radius 3 is 2.11 bits per heavy atom. The molecule has 1 atom stereocenters. The van der Waals surface area contributed by atoms with Gasteiger partial charge in [-0.15, -0.1) is 0 Å². The zero-order valence-electron chi connectivity index (χ0n) is 31.6. The van der Waals surface area contributed by atoms with Crippen molar-refractivity contribution in [3.05, 3.63) is 81.1 Å². The average molecular weight is 780 g/mol. The van der Waals surface area contributed by atoms with Gasteiger partial charge in [-0.2, -0.15) is 5.26 Å². The molecule has 3 aromatic rings. The number of hydrogen-bond donors (Lipinski definition) is 2. The lowest BCUT2D eigenvalue weighted by atomic mass is 9.49. The largest absolute Gasteiger partial charge is 0.489 e. The molecular weight excluding hydrogens is 738 g/mol. The van der Waals surface area contributed by atoms with Crippen LogP contribution in [0.25, 0.3) is 0 Å². The maximum atomic E-state index is 13.4. The second-order valence-corrected chi connectivity index (χ2v) is 17.0. The third kappa shape index (κ3) is 6.46. The molecule has 0 bridgehead atoms. The number of rotatable bonds is 8. The third-order valence-corrected chi connectivity index (χ3v) is 12.6. The molecule has 0 radical (unpaired) electrons. The zero-order valence-corrected chi connectivity index (χ0v) is 32.3. The van der Waals surface area contributed by atoms with E-state index in [-0.39, 0.29) is 43.0 Å². The van der Waals surface area contributed by atoms with Crippen molar-refractivity contribution in [1.29, 1.82) is 5.26 Å². The molecule has 2 aromatic carbocycles. The number of carbonyl (C=O) groups is 5. The number of aromatic nitrogens is 2. The van der Waals surface area contributed by atoms with Gasteiger partial charge in [-0.1, -0.05) is 39.3 Å². The maximum absolute atomic E-state index is 13.4. The molecule has 1 saturated heterocycles. The Bertz CT molecular complexity index is 2150. The van der Waals surface area contributed by atoms with Gasteiger partial charge in [0.25, 0.3) is 17.7 Å². The number of piperidine rings is 1. The molecule has 1 unspecified atom stereocenters. The van der Waals surface area contributed by atoms with Crippen molar-refractivity contribution < 1.29 is 33.4 Å². The monoisotopic (exact) mass is 779 g/mol. The van der Waals surface area contributed by atoms with Gasteiger partial charge in [0.05, 0.1) is 27.3 Å². The molecular formula is C41H42ClN7O7. The fraction of sp³-hybridized carbons (Fsp3) is 0.463. The minimum atomic E-state index is -0.983. The lowest BCUT2D eigenvalue weighted by Gasteiger charge is -2.63. The maximum Gasteiger partial charge on any atom is 0.316 e. The predicted molar refractivity (Wildman–Crippen MR) is 200 cm³/mol. The van der Waals surface area contributed by atoms with Crippen molar-refractivity contribution in [2.45, 2.75) is 110 Å². The summed E-state index contributed by atoms with van der Waals surface area (Å²) in [6, 6.07) is 9.95. The van der Waals surface area contributed by atoms with Crippen molar-refractivity contribution in [1.82, 2.24) is 30.4 Å². The summed E-state index contributed by atoms with van der Waals surface area (Å²) in [6.45, 7) is 9.47. The van der Waals surface area contributed by atoms with E-state index in [1.807, 2.05) is 27.7 Å². The van der Waals surface area contributed by atoms with Gasteiger partial charge in [0, 0.05) is 60.9 Å². The standard InChI is InChI=1S/C41H42ClN7O7/c1-40(2)37(41(3,4)38(40)55-27-8-5-21(16-43)30(42)15-27)47-33(51)24-17-44-39(45-18-24)56-26-9-6-25(7-10-26)48-19-22-13-28-29(14-23(22)20-48)36(54)49(35(28)53)31-11-12-32(50)46-34(31)52/h5,8,13-15,17-18,25-26,31,37-38H,6-7,9-12,19-20H2,1-4H3,(H,47,51)(H,46,50,52)/t25-,26-,31?,37-,38-. The third-order valence-electron chi connectivity index (χ3n) is 12.3. The van der Waals surface area contributed by atoms with Crippen LogP contribution < -0.4 is 20.1 Å². The molecule has 0 spiro atoms. The molecule has 8 rings (SSSR count). The second kappa shape index (κ2) is 14.0. The summed E-state index contributed by atoms with van der Waals surface area (Å²) < 4.78 is 12.5. The number of nitrogens with zero attached hydrogens (tertiary/aromatic N) is 5. The van der Waals surface area contributed by atoms with Gasteiger partial charge in [-0.25, -0.2) is 9.97 Å². The number of nitrogens with one attached hydrogen (secondary N) is 2. The average Bonchev–Trinajstić information content (AvgIpc) is 3.69. The number of benzene rings is 2. The fourth-order valence-electron chi connectivity index (χ4n) is 9.63. The van der Waals surface area contributed by atoms with Crippen molar-refractivity contribution in [2.75, 3.05) is 0 Å². The highest BCUT2D eigenvalue weighted by atomic mass is 35.5. The lowest BCUT2D eigenvalue weighted by Crippen LogP contribution is -2.74. The van der Waals surface area contributed by atoms with Crippen LogP contribution in [0, 0.1) is 22.2 Å². The molecule has 56 heavy (non-hydrogen) atoms. The molecule has 14 nitrogen and oxygen atoms in total. The van der Waals surface area contributed by atoms with E-state index in [0.717, 1.165) is 41.7 Å². The highest BCUT2D eigenvalue weighted by molar-refractivity contribution is 6.31. The minimum absolute atomic E-state index is 0.0762. The summed E-state index contributed by atoms with van der Waals surface area (Å²) in [5, 5.41) is 14.9. The van der Waals surface area contributed by atoms with E-state index < -0.39 is 40.5 Å². The summed E-state index contributed by atoms with van der Waals surface area (Å²) >= 11 is 6.23. The normalized spacial score (nSPS) is 26.4. The Labute approximate surface area is 328 Å². The van der Waals surface area contributed by atoms with Crippen LogP contribution in [0.2, 0.25) is 5.02 Å². The highest BCUT2D eigenvalue weighted by Crippen LogP contribution is 2.55. The zero-order chi connectivity index (χ0) is 39.7. The van der Waals surface area contributed by atoms with Gasteiger partial charge in [-0.3, -0.25) is 39.1 Å². The summed E-state index contributed by atoms with van der Waals surface area (Å²) in [5.74, 6) is -1.73. The Morgan fingerprint density at radius 2 is 1.54 bits per heavy atom. The molecule has 5 aliphatic rings. The number of imide groups is 2. The van der Waals surface area contributed by atoms with E-state index in [4.69, 9.17) is 21.1 Å². The summed E-state index contributed by atoms with van der Waals surface area (Å²) in [6.07, 6.45) is 6.21. The Morgan fingerprint density at radius 1 is 0.911 bits per heavy atom. The van der Waals surface area contributed by atoms with Crippen molar-refractivity contribution >= 4 is 41.1 Å². The van der Waals surface area contributed by atoms with E-state index in [1.54, 1.807) is 30.3 Å². The van der Waals surface area contributed by atoms with Crippen LogP contribution >= 0.6 is 11.6 Å². The van der Waals surface area contributed by atoms with E-state index in [2.05, 4.69) is 31.6 Å². The van der Waals surface area contributed by atoms with Crippen LogP contribution in [0.15, 0.2) is 42.7 Å². The highest BCUT2D eigenvalue weighted by Gasteiger charge is 2.64. The van der Waals surface area contributed by atoms with Crippen LogP contribution in [-0.4, -0.2) is 79.6 Å². The number of fused-ring (bicyclic) bond motifs is 2. The van der Waals surface area contributed by atoms with Gasteiger partial charge in [0.2, 0.25) is 11.8 Å². The Balaban J connectivity index is 0.821. The van der Waals surface area contributed by atoms with E-state index in [0.29, 0.717) is 52.2 Å². The smallest absolute Gasteiger partial charge is 0.316 e. The molecule has 3 aliphatic heterocycles. The molecule has 2 N–H and O–H groups in total. The van der Waals surface area contributed by atoms with E-state index in [9.17, 15) is 29.2 Å².